The van der Waals surface area contributed by atoms with Crippen LogP contribution in [0.5, 0.6) is 0 Å². The van der Waals surface area contributed by atoms with Crippen molar-refractivity contribution in [3.8, 4) is 67.0 Å². The Bertz CT molecular complexity index is 2750. The second-order valence-electron chi connectivity index (χ2n) is 15.5. The summed E-state index contributed by atoms with van der Waals surface area (Å²) in [6.45, 7) is 12.5. The van der Waals surface area contributed by atoms with Crippen LogP contribution < -0.4 is 5.46 Å². The van der Waals surface area contributed by atoms with Crippen molar-refractivity contribution in [2.24, 2.45) is 0 Å². The van der Waals surface area contributed by atoms with Crippen molar-refractivity contribution < 1.29 is 9.31 Å². The van der Waals surface area contributed by atoms with E-state index >= 15 is 0 Å². The molecule has 0 atom stereocenters. The quantitative estimate of drug-likeness (QED) is 0.148. The Hall–Kier alpha value is -3.86. The van der Waals surface area contributed by atoms with E-state index < -0.39 is 18.3 Å². The third-order valence-corrected chi connectivity index (χ3v) is 22.0. The summed E-state index contributed by atoms with van der Waals surface area (Å²) in [5, 5.41) is 0. The first kappa shape index (κ1) is 45.2. The van der Waals surface area contributed by atoms with Crippen molar-refractivity contribution in [2.75, 3.05) is 0 Å². The lowest BCUT2D eigenvalue weighted by molar-refractivity contribution is 0.00578. The summed E-state index contributed by atoms with van der Waals surface area (Å²) < 4.78 is 13.3. The van der Waals surface area contributed by atoms with Crippen LogP contribution in [0.25, 0.3) is 67.0 Å². The molecular formula is C48H43BN2O2S8. The van der Waals surface area contributed by atoms with Gasteiger partial charge in [0, 0.05) is 99.2 Å². The molecule has 13 heteroatoms. The van der Waals surface area contributed by atoms with Crippen LogP contribution in [-0.2, 0) is 85.0 Å². The van der Waals surface area contributed by atoms with Gasteiger partial charge < -0.3 is 9.31 Å². The second kappa shape index (κ2) is 20.6. The standard InChI is InChI=1S/C48H43BN2O2.S8/c1-32-15-25-45(50-30-32)36-21-17-34(18-22-36)41-11-7-9-13-43(41)38-27-39(29-40(28-38)49-52-47(3,4)48(5,6)53-49)44-14-10-8-12-42(44)35-19-23-37(24-20-35)46-26-16-33(2)31-51-46;1-3-5-7-8-6-4-2/h7-31H,1-6H3;. The molecule has 308 valence electrons. The van der Waals surface area contributed by atoms with Gasteiger partial charge in [-0.2, -0.15) is 0 Å². The molecule has 61 heavy (non-hydrogen) atoms. The maximum absolute atomic E-state index is 6.65. The van der Waals surface area contributed by atoms with Crippen LogP contribution in [0.2, 0.25) is 0 Å². The molecule has 5 aromatic carbocycles. The maximum Gasteiger partial charge on any atom is 0.494 e. The zero-order valence-electron chi connectivity index (χ0n) is 34.5. The van der Waals surface area contributed by atoms with Gasteiger partial charge in [-0.25, -0.2) is 0 Å². The van der Waals surface area contributed by atoms with Crippen molar-refractivity contribution in [3.05, 3.63) is 163 Å². The molecule has 1 aliphatic heterocycles. The van der Waals surface area contributed by atoms with Gasteiger partial charge in [0.15, 0.2) is 0 Å². The number of pyridine rings is 2. The van der Waals surface area contributed by atoms with E-state index in [9.17, 15) is 0 Å². The largest absolute Gasteiger partial charge is 0.494 e. The fraction of sp³-hybridized carbons (Fsp3) is 0.167. The van der Waals surface area contributed by atoms with Crippen molar-refractivity contribution in [1.29, 1.82) is 0 Å². The molecule has 2 aromatic heterocycles. The Kier molecular flexibility index (Phi) is 15.2. The maximum atomic E-state index is 6.65. The van der Waals surface area contributed by atoms with Crippen LogP contribution in [-0.4, -0.2) is 28.3 Å². The number of benzene rings is 5. The Morgan fingerprint density at radius 2 is 0.803 bits per heavy atom. The average molecular weight is 947 g/mol. The molecule has 0 aliphatic carbocycles. The van der Waals surface area contributed by atoms with E-state index in [-0.39, 0.29) is 0 Å². The molecule has 8 rings (SSSR count). The Labute approximate surface area is 386 Å². The highest BCUT2D eigenvalue weighted by atomic mass is 33.4. The van der Waals surface area contributed by atoms with Gasteiger partial charge in [-0.15, -0.1) is 0 Å². The predicted molar refractivity (Wildman–Crippen MR) is 279 cm³/mol. The number of hydrogen-bond acceptors (Lipinski definition) is 6. The average Bonchev–Trinajstić information content (AvgIpc) is 3.51. The molecule has 0 N–H and O–H groups in total. The van der Waals surface area contributed by atoms with E-state index in [0.29, 0.717) is 0 Å². The van der Waals surface area contributed by atoms with Crippen LogP contribution in [0.3, 0.4) is 0 Å². The molecule has 0 spiro atoms. The molecular weight excluding hydrogens is 904 g/mol. The van der Waals surface area contributed by atoms with Crippen LogP contribution >= 0.6 is 0 Å². The van der Waals surface area contributed by atoms with E-state index in [1.54, 1.807) is 35.5 Å². The Morgan fingerprint density at radius 3 is 1.15 bits per heavy atom. The number of hydrogen-bond donors (Lipinski definition) is 0. The SMILES string of the molecule is Cc1ccc(-c2ccc(-c3ccccc3-c3cc(B4OC(C)(C)C(C)(C)O4)cc(-c4ccccc4-c4ccc(-c5ccc(C)cn5)cc4)c3)cc2)nc1.S=S=S=S=S=S=S=S. The van der Waals surface area contributed by atoms with Gasteiger partial charge in [0.25, 0.3) is 0 Å². The molecule has 1 saturated heterocycles. The first-order valence-electron chi connectivity index (χ1n) is 19.5. The monoisotopic (exact) mass is 946 g/mol. The van der Waals surface area contributed by atoms with Crippen LogP contribution in [0.1, 0.15) is 38.8 Å². The second-order valence-corrected chi connectivity index (χ2v) is 26.1. The van der Waals surface area contributed by atoms with Crippen LogP contribution in [0.4, 0.5) is 0 Å². The lowest BCUT2D eigenvalue weighted by atomic mass is 9.75. The molecule has 0 unspecified atom stereocenters. The first-order chi connectivity index (χ1) is 29.5. The zero-order chi connectivity index (χ0) is 43.0. The number of rotatable bonds is 7. The van der Waals surface area contributed by atoms with Crippen molar-refractivity contribution in [1.82, 2.24) is 9.97 Å². The topological polar surface area (TPSA) is 44.2 Å². The first-order valence-corrected chi connectivity index (χ1v) is 28.8. The summed E-state index contributed by atoms with van der Waals surface area (Å²) in [6.07, 6.45) is 3.83. The summed E-state index contributed by atoms with van der Waals surface area (Å²) in [5.74, 6) is 0. The lowest BCUT2D eigenvalue weighted by Gasteiger charge is -2.32. The van der Waals surface area contributed by atoms with Gasteiger partial charge in [-0.3, -0.25) is 9.97 Å². The Balaban J connectivity index is 0.000000639. The molecule has 0 bridgehead atoms. The van der Waals surface area contributed by atoms with Crippen molar-refractivity contribution >= 4 is 88.2 Å². The highest BCUT2D eigenvalue weighted by Crippen LogP contribution is 2.40. The van der Waals surface area contributed by atoms with E-state index in [2.05, 4.69) is 213 Å². The van der Waals surface area contributed by atoms with Gasteiger partial charge in [0.05, 0.1) is 22.6 Å². The fourth-order valence-electron chi connectivity index (χ4n) is 7.01. The van der Waals surface area contributed by atoms with Gasteiger partial charge >= 0.3 is 7.12 Å². The molecule has 1 fully saturated rings. The number of aromatic nitrogens is 2. The van der Waals surface area contributed by atoms with E-state index in [0.717, 1.165) is 83.6 Å². The van der Waals surface area contributed by atoms with Crippen LogP contribution in [0, 0.1) is 13.8 Å². The van der Waals surface area contributed by atoms with Gasteiger partial charge in [0.2, 0.25) is 0 Å². The van der Waals surface area contributed by atoms with Gasteiger partial charge in [0.1, 0.15) is 0 Å². The third kappa shape index (κ3) is 11.0. The Morgan fingerprint density at radius 1 is 0.443 bits per heavy atom. The molecule has 0 radical (unpaired) electrons. The summed E-state index contributed by atoms with van der Waals surface area (Å²) in [4.78, 5) is 9.29. The van der Waals surface area contributed by atoms with E-state index in [1.807, 2.05) is 12.4 Å². The highest BCUT2D eigenvalue weighted by Gasteiger charge is 2.51. The van der Waals surface area contributed by atoms with Gasteiger partial charge in [-0.05, 0) is 121 Å². The predicted octanol–water partition coefficient (Wildman–Crippen LogP) is 11.4. The molecule has 0 amide bonds. The summed E-state index contributed by atoms with van der Waals surface area (Å²) in [6, 6.07) is 49.8. The number of nitrogens with zero attached hydrogens (tertiary/aromatic N) is 2. The zero-order valence-corrected chi connectivity index (χ0v) is 41.0. The minimum absolute atomic E-state index is 0.467. The van der Waals surface area contributed by atoms with Crippen molar-refractivity contribution in [3.63, 3.8) is 0 Å². The lowest BCUT2D eigenvalue weighted by Crippen LogP contribution is -2.41. The molecule has 7 aromatic rings. The molecule has 4 nitrogen and oxygen atoms in total. The minimum Gasteiger partial charge on any atom is -0.399 e. The van der Waals surface area contributed by atoms with Crippen LogP contribution in [0.15, 0.2) is 152 Å². The third-order valence-electron chi connectivity index (χ3n) is 10.9. The molecule has 3 heterocycles. The summed E-state index contributed by atoms with van der Waals surface area (Å²) >= 11 is 9.21. The van der Waals surface area contributed by atoms with E-state index in [1.165, 1.54) is 17.8 Å². The highest BCUT2D eigenvalue weighted by molar-refractivity contribution is 8.70. The summed E-state index contributed by atoms with van der Waals surface area (Å²) in [5.41, 5.74) is 15.5. The summed E-state index contributed by atoms with van der Waals surface area (Å²) in [7, 11) is 8.61. The molecule has 0 saturated carbocycles. The number of aryl methyl sites for hydroxylation is 2. The fourth-order valence-corrected chi connectivity index (χ4v) is 18.0. The van der Waals surface area contributed by atoms with E-state index in [4.69, 9.17) is 9.31 Å². The smallest absolute Gasteiger partial charge is 0.399 e. The van der Waals surface area contributed by atoms with Gasteiger partial charge in [-0.1, -0.05) is 121 Å². The molecule has 1 aliphatic rings. The normalized spacial score (nSPS) is 13.6. The minimum atomic E-state index is -0.513. The van der Waals surface area contributed by atoms with Crippen molar-refractivity contribution in [2.45, 2.75) is 52.7 Å².